The number of nitrogens with one attached hydrogen (secondary N) is 1. The largest absolute Gasteiger partial charge is 0.321 e. The molecule has 1 atom stereocenters. The van der Waals surface area contributed by atoms with E-state index in [4.69, 9.17) is 0 Å². The van der Waals surface area contributed by atoms with Gasteiger partial charge < -0.3 is 5.32 Å². The number of benzene rings is 3. The van der Waals surface area contributed by atoms with Crippen LogP contribution in [-0.4, -0.2) is 17.1 Å². The molecular weight excluding hydrogens is 418 g/mol. The van der Waals surface area contributed by atoms with Gasteiger partial charge in [0.2, 0.25) is 5.91 Å². The minimum atomic E-state index is -0.536. The molecule has 1 heterocycles. The molecular formula is C26H21N3O2S. The van der Waals surface area contributed by atoms with Crippen molar-refractivity contribution in [2.45, 2.75) is 18.6 Å². The lowest BCUT2D eigenvalue weighted by Gasteiger charge is -2.19. The predicted octanol–water partition coefficient (Wildman–Crippen LogP) is 5.06. The Bertz CT molecular complexity index is 1200. The zero-order valence-electron chi connectivity index (χ0n) is 17.5. The van der Waals surface area contributed by atoms with Crippen molar-refractivity contribution in [2.75, 3.05) is 10.2 Å². The van der Waals surface area contributed by atoms with Crippen molar-refractivity contribution in [3.8, 4) is 6.07 Å². The summed E-state index contributed by atoms with van der Waals surface area (Å²) in [6.45, 7) is 1.97. The SMILES string of the molecule is Cc1ccc(N2C(=O)[C@@H](Cc3ccccc3)S/C2=C(/C#N)C(=O)Nc2ccccc2)cc1. The number of rotatable bonds is 5. The fourth-order valence-electron chi connectivity index (χ4n) is 3.46. The van der Waals surface area contributed by atoms with Crippen molar-refractivity contribution in [1.82, 2.24) is 0 Å². The Balaban J connectivity index is 1.73. The molecule has 4 rings (SSSR count). The van der Waals surface area contributed by atoms with E-state index >= 15 is 0 Å². The average molecular weight is 440 g/mol. The monoisotopic (exact) mass is 439 g/mol. The van der Waals surface area contributed by atoms with E-state index in [1.807, 2.05) is 73.7 Å². The first-order valence-electron chi connectivity index (χ1n) is 10.2. The summed E-state index contributed by atoms with van der Waals surface area (Å²) in [5.41, 5.74) is 3.22. The highest BCUT2D eigenvalue weighted by atomic mass is 32.2. The molecule has 1 aliphatic rings. The van der Waals surface area contributed by atoms with E-state index in [-0.39, 0.29) is 11.5 Å². The Morgan fingerprint density at radius 1 is 1.00 bits per heavy atom. The van der Waals surface area contributed by atoms with E-state index in [0.29, 0.717) is 22.8 Å². The molecule has 5 nitrogen and oxygen atoms in total. The second-order valence-corrected chi connectivity index (χ2v) is 8.61. The number of hydrogen-bond donors (Lipinski definition) is 1. The molecule has 0 saturated carbocycles. The third-order valence-electron chi connectivity index (χ3n) is 5.09. The maximum Gasteiger partial charge on any atom is 0.269 e. The minimum absolute atomic E-state index is 0.0802. The highest BCUT2D eigenvalue weighted by Crippen LogP contribution is 2.42. The minimum Gasteiger partial charge on any atom is -0.321 e. The van der Waals surface area contributed by atoms with E-state index in [1.54, 1.807) is 24.3 Å². The number of nitriles is 1. The molecule has 32 heavy (non-hydrogen) atoms. The lowest BCUT2D eigenvalue weighted by atomic mass is 10.1. The van der Waals surface area contributed by atoms with Gasteiger partial charge in [-0.15, -0.1) is 0 Å². The van der Waals surface area contributed by atoms with Gasteiger partial charge in [0.25, 0.3) is 5.91 Å². The number of para-hydroxylation sites is 1. The summed E-state index contributed by atoms with van der Waals surface area (Å²) in [5, 5.41) is 12.6. The third-order valence-corrected chi connectivity index (χ3v) is 6.36. The van der Waals surface area contributed by atoms with Gasteiger partial charge in [0, 0.05) is 11.4 Å². The van der Waals surface area contributed by atoms with Gasteiger partial charge in [-0.1, -0.05) is 78.0 Å². The smallest absolute Gasteiger partial charge is 0.269 e. The molecule has 0 unspecified atom stereocenters. The number of carbonyl (C=O) groups excluding carboxylic acids is 2. The highest BCUT2D eigenvalue weighted by Gasteiger charge is 2.40. The number of aryl methyl sites for hydroxylation is 1. The Kier molecular flexibility index (Phi) is 6.39. The fourth-order valence-corrected chi connectivity index (χ4v) is 4.77. The van der Waals surface area contributed by atoms with E-state index in [0.717, 1.165) is 11.1 Å². The second-order valence-electron chi connectivity index (χ2n) is 7.42. The predicted molar refractivity (Wildman–Crippen MR) is 128 cm³/mol. The maximum atomic E-state index is 13.4. The van der Waals surface area contributed by atoms with Crippen molar-refractivity contribution in [3.05, 3.63) is 107 Å². The Labute approximate surface area is 191 Å². The van der Waals surface area contributed by atoms with Gasteiger partial charge in [0.1, 0.15) is 16.7 Å². The number of thioether (sulfide) groups is 1. The highest BCUT2D eigenvalue weighted by molar-refractivity contribution is 8.05. The van der Waals surface area contributed by atoms with Crippen molar-refractivity contribution in [2.24, 2.45) is 0 Å². The van der Waals surface area contributed by atoms with Crippen LogP contribution >= 0.6 is 11.8 Å². The van der Waals surface area contributed by atoms with Gasteiger partial charge in [-0.3, -0.25) is 14.5 Å². The van der Waals surface area contributed by atoms with Crippen LogP contribution in [0.3, 0.4) is 0 Å². The van der Waals surface area contributed by atoms with Crippen LogP contribution < -0.4 is 10.2 Å². The standard InChI is InChI=1S/C26H21N3O2S/c1-18-12-14-21(15-13-18)29-25(31)23(16-19-8-4-2-5-9-19)32-26(29)22(17-27)24(30)28-20-10-6-3-7-11-20/h2-15,23H,16H2,1H3,(H,28,30)/b26-22-/t23-/m1/s1. The summed E-state index contributed by atoms with van der Waals surface area (Å²) < 4.78 is 0. The van der Waals surface area contributed by atoms with Crippen LogP contribution in [-0.2, 0) is 16.0 Å². The van der Waals surface area contributed by atoms with Gasteiger partial charge >= 0.3 is 0 Å². The quantitative estimate of drug-likeness (QED) is 0.445. The zero-order valence-corrected chi connectivity index (χ0v) is 18.3. The fraction of sp³-hybridized carbons (Fsp3) is 0.115. The molecule has 3 aromatic carbocycles. The third kappa shape index (κ3) is 4.58. The molecule has 1 aliphatic heterocycles. The number of anilines is 2. The summed E-state index contributed by atoms with van der Waals surface area (Å²) in [5.74, 6) is -0.676. The number of hydrogen-bond acceptors (Lipinski definition) is 4. The lowest BCUT2D eigenvalue weighted by Crippen LogP contribution is -2.30. The summed E-state index contributed by atoms with van der Waals surface area (Å²) in [6.07, 6.45) is 0.509. The molecule has 2 amide bonds. The van der Waals surface area contributed by atoms with Crippen LogP contribution in [0, 0.1) is 18.3 Å². The van der Waals surface area contributed by atoms with Crippen LogP contribution in [0.5, 0.6) is 0 Å². The number of amides is 2. The van der Waals surface area contributed by atoms with Crippen molar-refractivity contribution in [1.29, 1.82) is 5.26 Å². The molecule has 1 fully saturated rings. The van der Waals surface area contributed by atoms with Crippen molar-refractivity contribution in [3.63, 3.8) is 0 Å². The molecule has 6 heteroatoms. The summed E-state index contributed by atoms with van der Waals surface area (Å²) >= 11 is 1.26. The molecule has 0 aliphatic carbocycles. The lowest BCUT2D eigenvalue weighted by molar-refractivity contribution is -0.117. The summed E-state index contributed by atoms with van der Waals surface area (Å²) in [7, 11) is 0. The Morgan fingerprint density at radius 2 is 1.62 bits per heavy atom. The van der Waals surface area contributed by atoms with Crippen LogP contribution in [0.15, 0.2) is 95.5 Å². The number of nitrogens with zero attached hydrogens (tertiary/aromatic N) is 2. The van der Waals surface area contributed by atoms with E-state index in [2.05, 4.69) is 5.32 Å². The van der Waals surface area contributed by atoms with Crippen molar-refractivity contribution >= 4 is 35.0 Å². The van der Waals surface area contributed by atoms with Crippen LogP contribution in [0.2, 0.25) is 0 Å². The van der Waals surface area contributed by atoms with Gasteiger partial charge in [-0.05, 0) is 43.2 Å². The summed E-state index contributed by atoms with van der Waals surface area (Å²) in [4.78, 5) is 27.9. The average Bonchev–Trinajstić information content (AvgIpc) is 3.12. The zero-order chi connectivity index (χ0) is 22.5. The van der Waals surface area contributed by atoms with Crippen LogP contribution in [0.25, 0.3) is 0 Å². The maximum absolute atomic E-state index is 13.4. The van der Waals surface area contributed by atoms with E-state index in [9.17, 15) is 14.9 Å². The first-order chi connectivity index (χ1) is 15.6. The van der Waals surface area contributed by atoms with Gasteiger partial charge in [0.05, 0.1) is 5.25 Å². The Morgan fingerprint density at radius 3 is 2.25 bits per heavy atom. The molecule has 0 radical (unpaired) electrons. The van der Waals surface area contributed by atoms with E-state index in [1.165, 1.54) is 16.7 Å². The molecule has 1 saturated heterocycles. The topological polar surface area (TPSA) is 73.2 Å². The van der Waals surface area contributed by atoms with Crippen molar-refractivity contribution < 1.29 is 9.59 Å². The van der Waals surface area contributed by atoms with E-state index < -0.39 is 11.2 Å². The summed E-state index contributed by atoms with van der Waals surface area (Å²) in [6, 6.07) is 28.2. The van der Waals surface area contributed by atoms with Crippen LogP contribution in [0.1, 0.15) is 11.1 Å². The molecule has 0 bridgehead atoms. The Hall–Kier alpha value is -3.82. The first kappa shape index (κ1) is 21.4. The van der Waals surface area contributed by atoms with Gasteiger partial charge in [-0.2, -0.15) is 5.26 Å². The van der Waals surface area contributed by atoms with Crippen LogP contribution in [0.4, 0.5) is 11.4 Å². The second kappa shape index (κ2) is 9.54. The normalized spacial score (nSPS) is 17.1. The molecule has 0 aromatic heterocycles. The number of carbonyl (C=O) groups is 2. The van der Waals surface area contributed by atoms with Gasteiger partial charge in [-0.25, -0.2) is 0 Å². The molecule has 1 N–H and O–H groups in total. The molecule has 158 valence electrons. The molecule has 0 spiro atoms. The molecule has 3 aromatic rings. The first-order valence-corrected chi connectivity index (χ1v) is 11.1. The van der Waals surface area contributed by atoms with Gasteiger partial charge in [0.15, 0.2) is 0 Å².